The lowest BCUT2D eigenvalue weighted by Crippen LogP contribution is -2.54. The molecule has 4 rings (SSSR count). The Morgan fingerprint density at radius 1 is 1.00 bits per heavy atom. The molecule has 0 aromatic heterocycles. The maximum Gasteiger partial charge on any atom is 0.319 e. The molecule has 2 unspecified atom stereocenters. The van der Waals surface area contributed by atoms with Crippen LogP contribution in [0.5, 0.6) is 0 Å². The van der Waals surface area contributed by atoms with E-state index in [4.69, 9.17) is 4.99 Å². The maximum atomic E-state index is 11.7. The molecule has 0 amide bonds. The first-order valence-electron chi connectivity index (χ1n) is 9.25. The van der Waals surface area contributed by atoms with Gasteiger partial charge in [0.05, 0.1) is 17.4 Å². The van der Waals surface area contributed by atoms with Crippen molar-refractivity contribution in [2.75, 3.05) is 18.8 Å². The van der Waals surface area contributed by atoms with Crippen LogP contribution >= 0.6 is 17.0 Å². The Bertz CT molecular complexity index is 796. The predicted molar refractivity (Wildman–Crippen MR) is 121 cm³/mol. The lowest BCUT2D eigenvalue weighted by atomic mass is 9.90. The summed E-state index contributed by atoms with van der Waals surface area (Å²) in [5.74, 6) is 1.74. The second-order valence-corrected chi connectivity index (χ2v) is 10.2. The van der Waals surface area contributed by atoms with Crippen LogP contribution in [0.15, 0.2) is 65.7 Å². The fourth-order valence-corrected chi connectivity index (χ4v) is 6.43. The van der Waals surface area contributed by atoms with E-state index in [9.17, 15) is 5.11 Å². The van der Waals surface area contributed by atoms with E-state index in [-0.39, 0.29) is 33.3 Å². The quantitative estimate of drug-likeness (QED) is 0.718. The van der Waals surface area contributed by atoms with Crippen molar-refractivity contribution < 1.29 is 5.11 Å². The molecule has 2 atom stereocenters. The van der Waals surface area contributed by atoms with Crippen molar-refractivity contribution in [1.29, 1.82) is 0 Å². The molecule has 0 saturated carbocycles. The molecule has 3 nitrogen and oxygen atoms in total. The van der Waals surface area contributed by atoms with Crippen LogP contribution in [-0.4, -0.2) is 39.7 Å². The number of halogens is 1. The lowest BCUT2D eigenvalue weighted by molar-refractivity contribution is -0.0572. The van der Waals surface area contributed by atoms with Crippen molar-refractivity contribution in [2.24, 2.45) is 10.4 Å². The molecule has 2 heterocycles. The van der Waals surface area contributed by atoms with Gasteiger partial charge in [-0.25, -0.2) is 4.99 Å². The molecule has 0 spiro atoms. The molecule has 27 heavy (non-hydrogen) atoms. The van der Waals surface area contributed by atoms with Gasteiger partial charge in [-0.3, -0.25) is 4.90 Å². The minimum Gasteiger partial charge on any atom is -0.366 e. The molecule has 2 aliphatic heterocycles. The predicted octanol–water partition coefficient (Wildman–Crippen LogP) is 4.03. The third-order valence-corrected chi connectivity index (χ3v) is 7.50. The number of amidine groups is 1. The summed E-state index contributed by atoms with van der Waals surface area (Å²) in [7, 11) is -0.0451. The average molecular weight is 448 g/mol. The molecule has 0 aliphatic carbocycles. The first-order chi connectivity index (χ1) is 12.5. The molecule has 2 aliphatic rings. The molecule has 1 N–H and O–H groups in total. The summed E-state index contributed by atoms with van der Waals surface area (Å²) >= 11 is 0. The minimum atomic E-state index is -0.838. The second-order valence-electron chi connectivity index (χ2n) is 8.26. The summed E-state index contributed by atoms with van der Waals surface area (Å²) in [6.07, 6.45) is 0.654. The lowest BCUT2D eigenvalue weighted by Gasteiger charge is -2.39. The summed E-state index contributed by atoms with van der Waals surface area (Å²) in [6, 6.07) is 20.9. The maximum absolute atomic E-state index is 11.7. The van der Waals surface area contributed by atoms with E-state index in [0.29, 0.717) is 6.42 Å². The highest BCUT2D eigenvalue weighted by Crippen LogP contribution is 2.38. The van der Waals surface area contributed by atoms with Crippen molar-refractivity contribution in [3.8, 4) is 0 Å². The van der Waals surface area contributed by atoms with Crippen LogP contribution in [0.3, 0.4) is 0 Å². The van der Waals surface area contributed by atoms with Crippen LogP contribution in [0.25, 0.3) is 0 Å². The van der Waals surface area contributed by atoms with E-state index in [2.05, 4.69) is 61.2 Å². The van der Waals surface area contributed by atoms with E-state index in [0.717, 1.165) is 29.8 Å². The van der Waals surface area contributed by atoms with Gasteiger partial charge in [0.1, 0.15) is 5.75 Å². The zero-order valence-corrected chi connectivity index (χ0v) is 18.5. The zero-order valence-electron chi connectivity index (χ0n) is 16.0. The van der Waals surface area contributed by atoms with Crippen molar-refractivity contribution in [3.63, 3.8) is 0 Å². The van der Waals surface area contributed by atoms with Crippen molar-refractivity contribution in [3.05, 3.63) is 71.8 Å². The van der Waals surface area contributed by atoms with Gasteiger partial charge >= 0.3 is 5.17 Å². The number of fused-ring (bicyclic) bond motifs is 1. The van der Waals surface area contributed by atoms with Crippen LogP contribution in [0.2, 0.25) is 0 Å². The average Bonchev–Trinajstić information content (AvgIpc) is 2.87. The third-order valence-electron chi connectivity index (χ3n) is 5.14. The normalized spacial score (nSPS) is 26.1. The highest BCUT2D eigenvalue weighted by molar-refractivity contribution is 8.93. The molecular formula is C22H28BrN2OS+. The highest BCUT2D eigenvalue weighted by Gasteiger charge is 2.58. The summed E-state index contributed by atoms with van der Waals surface area (Å²) in [6.45, 7) is 6.19. The number of rotatable bonds is 4. The van der Waals surface area contributed by atoms with Gasteiger partial charge in [-0.15, -0.1) is 17.0 Å². The van der Waals surface area contributed by atoms with Crippen LogP contribution in [0.4, 0.5) is 0 Å². The summed E-state index contributed by atoms with van der Waals surface area (Å²) in [4.78, 5) is 7.17. The fraction of sp³-hybridized carbons (Fsp3) is 0.409. The molecule has 1 saturated heterocycles. The van der Waals surface area contributed by atoms with Crippen LogP contribution in [0.1, 0.15) is 25.0 Å². The van der Waals surface area contributed by atoms with Gasteiger partial charge in [0.2, 0.25) is 0 Å². The molecule has 144 valence electrons. The van der Waals surface area contributed by atoms with Crippen molar-refractivity contribution >= 4 is 33.0 Å². The number of benzene rings is 2. The smallest absolute Gasteiger partial charge is 0.319 e. The monoisotopic (exact) mass is 447 g/mol. The van der Waals surface area contributed by atoms with E-state index < -0.39 is 5.72 Å². The van der Waals surface area contributed by atoms with E-state index in [1.165, 1.54) is 11.1 Å². The molecular weight excluding hydrogens is 420 g/mol. The van der Waals surface area contributed by atoms with E-state index in [1.807, 2.05) is 18.2 Å². The highest BCUT2D eigenvalue weighted by atomic mass is 79.9. The number of hydrogen-bond donors (Lipinski definition) is 1. The Morgan fingerprint density at radius 3 is 2.22 bits per heavy atom. The van der Waals surface area contributed by atoms with Gasteiger partial charge in [-0.2, -0.15) is 0 Å². The minimum absolute atomic E-state index is 0. The number of nitrogens with zero attached hydrogens (tertiary/aromatic N) is 2. The second kappa shape index (κ2) is 7.98. The summed E-state index contributed by atoms with van der Waals surface area (Å²) < 4.78 is 0. The topological polar surface area (TPSA) is 35.8 Å². The van der Waals surface area contributed by atoms with Crippen LogP contribution < -0.4 is 0 Å². The van der Waals surface area contributed by atoms with Crippen molar-refractivity contribution in [2.45, 2.75) is 31.7 Å². The largest absolute Gasteiger partial charge is 0.366 e. The molecule has 0 radical (unpaired) electrons. The molecule has 5 heteroatoms. The van der Waals surface area contributed by atoms with Crippen molar-refractivity contribution in [1.82, 2.24) is 4.90 Å². The fourth-order valence-electron chi connectivity index (χ4n) is 3.87. The van der Waals surface area contributed by atoms with Crippen LogP contribution in [-0.2, 0) is 23.1 Å². The Morgan fingerprint density at radius 2 is 1.59 bits per heavy atom. The number of hydrogen-bond acceptors (Lipinski definition) is 3. The third kappa shape index (κ3) is 4.41. The van der Waals surface area contributed by atoms with Gasteiger partial charge in [0, 0.05) is 23.9 Å². The standard InChI is InChI=1S/C22H27N2OS.BrH/c1-21(2)15-23-20-24(16-21)22(25,13-18-9-5-3-6-10-18)17-26(20)14-19-11-7-4-8-12-19;/h3-12,25H,13-17H2,1-2H3;1H/q+1;. The first kappa shape index (κ1) is 20.4. The SMILES string of the molecule is Br.CC1(C)CN=C2N(C1)C(O)(Cc1ccccc1)C[S+]2Cc1ccccc1. The zero-order chi connectivity index (χ0) is 18.2. The Balaban J connectivity index is 0.00000210. The Labute approximate surface area is 175 Å². The molecule has 1 fully saturated rings. The summed E-state index contributed by atoms with van der Waals surface area (Å²) in [5.41, 5.74) is 1.77. The van der Waals surface area contributed by atoms with E-state index in [1.54, 1.807) is 0 Å². The van der Waals surface area contributed by atoms with Gasteiger partial charge in [0.15, 0.2) is 11.5 Å². The van der Waals surface area contributed by atoms with Crippen LogP contribution in [0, 0.1) is 5.41 Å². The molecule has 2 aromatic rings. The van der Waals surface area contributed by atoms with Gasteiger partial charge < -0.3 is 5.11 Å². The first-order valence-corrected chi connectivity index (χ1v) is 10.8. The van der Waals surface area contributed by atoms with Gasteiger partial charge in [0.25, 0.3) is 0 Å². The number of aliphatic imine (C=N–C) groups is 1. The Hall–Kier alpha value is -1.30. The van der Waals surface area contributed by atoms with Gasteiger partial charge in [-0.05, 0) is 5.56 Å². The number of aliphatic hydroxyl groups is 1. The Kier molecular flexibility index (Phi) is 6.04. The summed E-state index contributed by atoms with van der Waals surface area (Å²) in [5, 5.41) is 12.8. The van der Waals surface area contributed by atoms with E-state index >= 15 is 0 Å². The molecule has 0 bridgehead atoms. The van der Waals surface area contributed by atoms with Gasteiger partial charge in [-0.1, -0.05) is 74.5 Å². The molecule has 2 aromatic carbocycles.